The normalized spacial score (nSPS) is 11.3. The van der Waals surface area contributed by atoms with E-state index in [1.165, 1.54) is 142 Å². The van der Waals surface area contributed by atoms with Gasteiger partial charge < -0.3 is 26.8 Å². The van der Waals surface area contributed by atoms with Crippen LogP contribution in [0.15, 0.2) is 0 Å². The van der Waals surface area contributed by atoms with Gasteiger partial charge in [0, 0.05) is 0 Å². The third kappa shape index (κ3) is 45.6. The van der Waals surface area contributed by atoms with E-state index in [1.807, 2.05) is 0 Å². The number of quaternary nitrogens is 2. The number of unbranched alkanes of at least 4 members (excludes halogenated alkanes) is 18. The van der Waals surface area contributed by atoms with Gasteiger partial charge in [0.15, 0.2) is 0 Å². The summed E-state index contributed by atoms with van der Waals surface area (Å²) in [7, 11) is 13.7. The quantitative estimate of drug-likeness (QED) is 0.129. The van der Waals surface area contributed by atoms with E-state index in [9.17, 15) is 0 Å². The summed E-state index contributed by atoms with van der Waals surface area (Å²) in [6.07, 6.45) is 28.8. The van der Waals surface area contributed by atoms with E-state index in [4.69, 9.17) is 0 Å². The summed E-state index contributed by atoms with van der Waals surface area (Å²) in [5.74, 6) is 0. The van der Waals surface area contributed by atoms with Gasteiger partial charge in [0.05, 0.1) is 55.4 Å². The van der Waals surface area contributed by atoms with Crippen molar-refractivity contribution in [2.24, 2.45) is 0 Å². The van der Waals surface area contributed by atoms with Gasteiger partial charge in [-0.2, -0.15) is 0 Å². The molecule has 0 atom stereocenters. The lowest BCUT2D eigenvalue weighted by Gasteiger charge is -2.23. The first-order chi connectivity index (χ1) is 15.1. The van der Waals surface area contributed by atoms with E-state index in [-0.39, 0.29) is 17.9 Å². The van der Waals surface area contributed by atoms with E-state index in [0.717, 1.165) is 8.97 Å². The van der Waals surface area contributed by atoms with Crippen LogP contribution in [0.5, 0.6) is 0 Å². The summed E-state index contributed by atoms with van der Waals surface area (Å²) >= 11 is 0. The zero-order valence-corrected chi connectivity index (χ0v) is 26.0. The van der Waals surface area contributed by atoms with Gasteiger partial charge in [0.25, 0.3) is 0 Å². The van der Waals surface area contributed by atoms with E-state index in [2.05, 4.69) is 56.1 Å². The first kappa shape index (κ1) is 41.3. The molecule has 34 heavy (non-hydrogen) atoms. The molecule has 0 aliphatic heterocycles. The standard InChI is InChI=1S/2C15H34N.ClH.H2O/c2*1-5-6-7-8-9-10-11-12-13-14-15-16(2,3)4;;/h2*5-15H2,1-4H3;1H;1H2/q2*+1;;/p-2. The Morgan fingerprint density at radius 3 is 0.676 bits per heavy atom. The van der Waals surface area contributed by atoms with Crippen molar-refractivity contribution in [1.29, 1.82) is 0 Å². The molecule has 0 amide bonds. The molecule has 0 spiro atoms. The van der Waals surface area contributed by atoms with Crippen LogP contribution in [0, 0.1) is 0 Å². The highest BCUT2D eigenvalue weighted by molar-refractivity contribution is 4.48. The average molecular weight is 509 g/mol. The highest BCUT2D eigenvalue weighted by atomic mass is 35.5. The van der Waals surface area contributed by atoms with Gasteiger partial charge in [-0.1, -0.05) is 117 Å². The van der Waals surface area contributed by atoms with Crippen molar-refractivity contribution in [3.05, 3.63) is 0 Å². The zero-order valence-electron chi connectivity index (χ0n) is 25.3. The molecule has 0 fully saturated rings. The van der Waals surface area contributed by atoms with Crippen LogP contribution in [0.2, 0.25) is 0 Å². The lowest BCUT2D eigenvalue weighted by molar-refractivity contribution is -0.870. The Labute approximate surface area is 224 Å². The number of rotatable bonds is 22. The molecule has 0 rings (SSSR count). The van der Waals surface area contributed by atoms with Crippen molar-refractivity contribution in [1.82, 2.24) is 0 Å². The molecule has 1 N–H and O–H groups in total. The zero-order chi connectivity index (χ0) is 24.6. The Morgan fingerprint density at radius 2 is 0.500 bits per heavy atom. The maximum Gasteiger partial charge on any atom is 0.0780 e. The monoisotopic (exact) mass is 509 g/mol. The Morgan fingerprint density at radius 1 is 0.324 bits per heavy atom. The summed E-state index contributed by atoms with van der Waals surface area (Å²) in [4.78, 5) is 0. The molecule has 0 aromatic heterocycles. The molecule has 0 saturated carbocycles. The number of hydrogen-bond acceptors (Lipinski definition) is 1. The Hall–Kier alpha value is 0.170. The van der Waals surface area contributed by atoms with E-state index in [0.29, 0.717) is 0 Å². The topological polar surface area (TPSA) is 30.0 Å². The Kier molecular flexibility index (Phi) is 35.7. The molecule has 0 heterocycles. The smallest absolute Gasteiger partial charge is 0.0780 e. The summed E-state index contributed by atoms with van der Waals surface area (Å²) in [5, 5.41) is 0. The van der Waals surface area contributed by atoms with E-state index < -0.39 is 0 Å². The van der Waals surface area contributed by atoms with Crippen molar-refractivity contribution in [2.45, 2.75) is 142 Å². The first-order valence-electron chi connectivity index (χ1n) is 14.7. The molecular formula is C30H69ClN2O. The number of halogens is 1. The molecule has 3 nitrogen and oxygen atoms in total. The fraction of sp³-hybridized carbons (Fsp3) is 1.00. The molecular weight excluding hydrogens is 440 g/mol. The van der Waals surface area contributed by atoms with E-state index in [1.54, 1.807) is 0 Å². The van der Waals surface area contributed by atoms with Gasteiger partial charge in [-0.05, 0) is 25.7 Å². The van der Waals surface area contributed by atoms with Gasteiger partial charge in [-0.3, -0.25) is 0 Å². The summed E-state index contributed by atoms with van der Waals surface area (Å²) in [6, 6.07) is 0. The second-order valence-corrected chi connectivity index (χ2v) is 12.4. The van der Waals surface area contributed by atoms with Crippen molar-refractivity contribution in [3.63, 3.8) is 0 Å². The lowest BCUT2D eigenvalue weighted by Crippen LogP contribution is -3.00. The molecule has 0 radical (unpaired) electrons. The highest BCUT2D eigenvalue weighted by Crippen LogP contribution is 2.12. The third-order valence-electron chi connectivity index (χ3n) is 6.36. The molecule has 0 aliphatic rings. The summed E-state index contributed by atoms with van der Waals surface area (Å²) in [5.41, 5.74) is 0. The Balaban J connectivity index is -0.000000250. The van der Waals surface area contributed by atoms with Crippen molar-refractivity contribution in [3.8, 4) is 0 Å². The van der Waals surface area contributed by atoms with Crippen LogP contribution in [0.4, 0.5) is 0 Å². The van der Waals surface area contributed by atoms with Gasteiger partial charge in [0.2, 0.25) is 0 Å². The first-order valence-corrected chi connectivity index (χ1v) is 14.7. The average Bonchev–Trinajstić information content (AvgIpc) is 2.70. The van der Waals surface area contributed by atoms with Crippen molar-refractivity contribution in [2.75, 3.05) is 55.4 Å². The van der Waals surface area contributed by atoms with Crippen LogP contribution in [0.1, 0.15) is 142 Å². The van der Waals surface area contributed by atoms with Crippen LogP contribution in [0.25, 0.3) is 0 Å². The molecule has 0 unspecified atom stereocenters. The molecule has 212 valence electrons. The maximum atomic E-state index is 2.29. The van der Waals surface area contributed by atoms with Crippen LogP contribution in [-0.4, -0.2) is 69.8 Å². The maximum absolute atomic E-state index is 2.29. The minimum Gasteiger partial charge on any atom is -1.00 e. The molecule has 0 bridgehead atoms. The van der Waals surface area contributed by atoms with Crippen molar-refractivity contribution >= 4 is 0 Å². The third-order valence-corrected chi connectivity index (χ3v) is 6.36. The van der Waals surface area contributed by atoms with Gasteiger partial charge in [-0.15, -0.1) is 0 Å². The molecule has 0 aromatic carbocycles. The predicted octanol–water partition coefficient (Wildman–Crippen LogP) is 6.05. The molecule has 0 aromatic rings. The predicted molar refractivity (Wildman–Crippen MR) is 151 cm³/mol. The minimum absolute atomic E-state index is 0. The fourth-order valence-corrected chi connectivity index (χ4v) is 4.15. The Bertz CT molecular complexity index is 317. The SMILES string of the molecule is CCCCCCCCCCCC[N+](C)(C)C.CCCCCCCCCCCC[N+](C)(C)C.[Cl-].[OH-]. The summed E-state index contributed by atoms with van der Waals surface area (Å²) < 4.78 is 2.24. The van der Waals surface area contributed by atoms with Gasteiger partial charge >= 0.3 is 0 Å². The minimum atomic E-state index is 0. The van der Waals surface area contributed by atoms with Crippen LogP contribution in [0.3, 0.4) is 0 Å². The van der Waals surface area contributed by atoms with Crippen LogP contribution >= 0.6 is 0 Å². The second kappa shape index (κ2) is 29.4. The largest absolute Gasteiger partial charge is 1.00 e. The molecule has 4 heteroatoms. The lowest BCUT2D eigenvalue weighted by atomic mass is 10.1. The van der Waals surface area contributed by atoms with Gasteiger partial charge in [-0.25, -0.2) is 0 Å². The number of hydrogen-bond donors (Lipinski definition) is 0. The molecule has 0 aliphatic carbocycles. The summed E-state index contributed by atoms with van der Waals surface area (Å²) in [6.45, 7) is 7.23. The van der Waals surface area contributed by atoms with Crippen LogP contribution < -0.4 is 12.4 Å². The fourth-order valence-electron chi connectivity index (χ4n) is 4.15. The highest BCUT2D eigenvalue weighted by Gasteiger charge is 2.05. The van der Waals surface area contributed by atoms with Gasteiger partial charge in [0.1, 0.15) is 0 Å². The van der Waals surface area contributed by atoms with Crippen molar-refractivity contribution < 1.29 is 26.8 Å². The molecule has 0 saturated heterocycles. The van der Waals surface area contributed by atoms with Crippen LogP contribution in [-0.2, 0) is 0 Å². The number of nitrogens with zero attached hydrogens (tertiary/aromatic N) is 2. The van der Waals surface area contributed by atoms with E-state index >= 15 is 0 Å². The second-order valence-electron chi connectivity index (χ2n) is 12.4.